The fourth-order valence-corrected chi connectivity index (χ4v) is 4.31. The van der Waals surface area contributed by atoms with Crippen LogP contribution in [0.1, 0.15) is 18.4 Å². The molecule has 0 saturated carbocycles. The Morgan fingerprint density at radius 3 is 2.31 bits per heavy atom. The third-order valence-corrected chi connectivity index (χ3v) is 5.79. The Balaban J connectivity index is 1.68. The molecule has 3 aliphatic rings. The number of carbonyl (C=O) groups excluding carboxylic acids is 1. The monoisotopic (exact) mass is 415 g/mol. The van der Waals surface area contributed by atoms with E-state index in [1.807, 2.05) is 0 Å². The molecular weight excluding hydrogens is 394 g/mol. The molecule has 0 radical (unpaired) electrons. The van der Waals surface area contributed by atoms with Crippen LogP contribution >= 0.6 is 11.8 Å². The number of rotatable bonds is 4. The largest absolute Gasteiger partial charge is 0.493 e. The third-order valence-electron chi connectivity index (χ3n) is 4.82. The number of hydrogen-bond donors (Lipinski definition) is 1. The van der Waals surface area contributed by atoms with Crippen molar-refractivity contribution in [3.8, 4) is 17.2 Å². The molecule has 152 valence electrons. The number of thioether (sulfide) groups is 1. The van der Waals surface area contributed by atoms with Crippen LogP contribution in [-0.4, -0.2) is 66.4 Å². The minimum Gasteiger partial charge on any atom is -0.493 e. The number of nitrogens with one attached hydrogen (secondary N) is 1. The molecule has 0 spiro atoms. The van der Waals surface area contributed by atoms with Gasteiger partial charge in [-0.25, -0.2) is 0 Å². The van der Waals surface area contributed by atoms with E-state index in [0.717, 1.165) is 31.1 Å². The second-order valence-corrected chi connectivity index (χ2v) is 7.49. The number of amides is 1. The van der Waals surface area contributed by atoms with E-state index in [1.54, 1.807) is 18.2 Å². The van der Waals surface area contributed by atoms with Crippen LogP contribution in [-0.2, 0) is 4.79 Å². The molecule has 1 saturated heterocycles. The van der Waals surface area contributed by atoms with Gasteiger partial charge in [0.15, 0.2) is 22.5 Å². The summed E-state index contributed by atoms with van der Waals surface area (Å²) in [6.07, 6.45) is 3.83. The molecule has 1 amide bonds. The predicted molar refractivity (Wildman–Crippen MR) is 112 cm³/mol. The summed E-state index contributed by atoms with van der Waals surface area (Å²) >= 11 is 1.33. The third kappa shape index (κ3) is 3.44. The molecule has 0 aliphatic carbocycles. The molecular formula is C19H21N5O4S. The number of benzene rings is 1. The van der Waals surface area contributed by atoms with Gasteiger partial charge < -0.3 is 19.1 Å². The molecule has 3 heterocycles. The first-order valence-corrected chi connectivity index (χ1v) is 9.92. The van der Waals surface area contributed by atoms with E-state index in [9.17, 15) is 4.79 Å². The van der Waals surface area contributed by atoms with Crippen molar-refractivity contribution in [2.75, 3.05) is 34.4 Å². The molecule has 3 aliphatic heterocycles. The number of carbonyl (C=O) groups is 1. The van der Waals surface area contributed by atoms with Gasteiger partial charge in [-0.15, -0.1) is 5.10 Å². The molecule has 10 heteroatoms. The maximum atomic E-state index is 12.6. The van der Waals surface area contributed by atoms with E-state index in [0.29, 0.717) is 28.0 Å². The lowest BCUT2D eigenvalue weighted by molar-refractivity contribution is -0.114. The number of hydrogen-bond acceptors (Lipinski definition) is 8. The quantitative estimate of drug-likeness (QED) is 0.754. The van der Waals surface area contributed by atoms with Gasteiger partial charge in [-0.1, -0.05) is 0 Å². The molecule has 0 atom stereocenters. The lowest BCUT2D eigenvalue weighted by Crippen LogP contribution is -2.35. The molecule has 1 aromatic rings. The fraction of sp³-hybridized carbons (Fsp3) is 0.368. The second-order valence-electron chi connectivity index (χ2n) is 6.56. The molecule has 1 aromatic carbocycles. The van der Waals surface area contributed by atoms with Gasteiger partial charge in [-0.3, -0.25) is 10.2 Å². The molecule has 0 aromatic heterocycles. The Morgan fingerprint density at radius 1 is 1.07 bits per heavy atom. The Labute approximate surface area is 172 Å². The van der Waals surface area contributed by atoms with Crippen LogP contribution in [0.4, 0.5) is 0 Å². The van der Waals surface area contributed by atoms with Crippen molar-refractivity contribution in [3.63, 3.8) is 0 Å². The molecule has 0 bridgehead atoms. The van der Waals surface area contributed by atoms with Crippen LogP contribution in [0, 0.1) is 5.41 Å². The van der Waals surface area contributed by atoms with Crippen molar-refractivity contribution in [2.24, 2.45) is 10.1 Å². The normalized spacial score (nSPS) is 20.0. The van der Waals surface area contributed by atoms with Crippen LogP contribution in [0.2, 0.25) is 0 Å². The first-order valence-electron chi connectivity index (χ1n) is 9.11. The number of fused-ring (bicyclic) bond motifs is 1. The highest BCUT2D eigenvalue weighted by atomic mass is 32.2. The molecule has 1 N–H and O–H groups in total. The summed E-state index contributed by atoms with van der Waals surface area (Å²) < 4.78 is 16.0. The number of nitrogens with zero attached hydrogens (tertiary/aromatic N) is 4. The van der Waals surface area contributed by atoms with Gasteiger partial charge in [0.25, 0.3) is 5.91 Å². The average molecular weight is 415 g/mol. The van der Waals surface area contributed by atoms with Crippen molar-refractivity contribution < 1.29 is 19.0 Å². The first-order chi connectivity index (χ1) is 14.0. The van der Waals surface area contributed by atoms with Gasteiger partial charge >= 0.3 is 0 Å². The molecule has 4 rings (SSSR count). The van der Waals surface area contributed by atoms with E-state index >= 15 is 0 Å². The summed E-state index contributed by atoms with van der Waals surface area (Å²) in [6.45, 7) is 1.87. The zero-order valence-corrected chi connectivity index (χ0v) is 17.2. The van der Waals surface area contributed by atoms with E-state index < -0.39 is 5.91 Å². The highest BCUT2D eigenvalue weighted by Gasteiger charge is 2.37. The smallest absolute Gasteiger partial charge is 0.283 e. The van der Waals surface area contributed by atoms with Crippen molar-refractivity contribution in [3.05, 3.63) is 23.3 Å². The predicted octanol–water partition coefficient (Wildman–Crippen LogP) is 2.38. The second kappa shape index (κ2) is 7.78. The van der Waals surface area contributed by atoms with E-state index in [2.05, 4.69) is 15.0 Å². The molecule has 0 unspecified atom stereocenters. The number of aliphatic imine (C=N–C) groups is 1. The number of likely N-dealkylation sites (tertiary alicyclic amines) is 1. The summed E-state index contributed by atoms with van der Waals surface area (Å²) in [6, 6.07) is 3.43. The van der Waals surface area contributed by atoms with Crippen molar-refractivity contribution >= 4 is 39.9 Å². The van der Waals surface area contributed by atoms with Gasteiger partial charge in [0, 0.05) is 13.1 Å². The lowest BCUT2D eigenvalue weighted by atomic mass is 10.1. The highest BCUT2D eigenvalue weighted by Crippen LogP contribution is 2.39. The summed E-state index contributed by atoms with van der Waals surface area (Å²) in [5, 5.41) is 15.7. The van der Waals surface area contributed by atoms with Crippen LogP contribution in [0.15, 0.2) is 27.8 Å². The number of methoxy groups -OCH3 is 3. The number of amidine groups is 3. The van der Waals surface area contributed by atoms with Crippen LogP contribution in [0.25, 0.3) is 6.08 Å². The minimum absolute atomic E-state index is 0.00421. The Bertz CT molecular complexity index is 940. The Hall–Kier alpha value is -3.01. The fourth-order valence-electron chi connectivity index (χ4n) is 3.37. The van der Waals surface area contributed by atoms with Gasteiger partial charge in [0.1, 0.15) is 0 Å². The molecule has 9 nitrogen and oxygen atoms in total. The zero-order valence-electron chi connectivity index (χ0n) is 16.4. The standard InChI is InChI=1S/C19H21N5O4S/c1-26-13-9-11(10-14(27-2)15(13)28-3)8-12-16(20)24-18(21-17(12)25)29-19(22-24)23-6-4-5-7-23/h8-10,20H,4-7H2,1-3H3/b12-8-,20-16?. The van der Waals surface area contributed by atoms with Gasteiger partial charge in [0.05, 0.1) is 26.9 Å². The lowest BCUT2D eigenvalue weighted by Gasteiger charge is -2.20. The summed E-state index contributed by atoms with van der Waals surface area (Å²) in [4.78, 5) is 18.9. The van der Waals surface area contributed by atoms with Crippen LogP contribution < -0.4 is 14.2 Å². The van der Waals surface area contributed by atoms with Gasteiger partial charge in [0.2, 0.25) is 10.9 Å². The van der Waals surface area contributed by atoms with Crippen molar-refractivity contribution in [1.82, 2.24) is 9.91 Å². The van der Waals surface area contributed by atoms with Crippen molar-refractivity contribution in [1.29, 1.82) is 5.41 Å². The van der Waals surface area contributed by atoms with Crippen LogP contribution in [0.3, 0.4) is 0 Å². The molecule has 1 fully saturated rings. The zero-order chi connectivity index (χ0) is 20.5. The maximum absolute atomic E-state index is 12.6. The van der Waals surface area contributed by atoms with Crippen molar-refractivity contribution in [2.45, 2.75) is 12.8 Å². The number of hydrazone groups is 1. The minimum atomic E-state index is -0.472. The maximum Gasteiger partial charge on any atom is 0.283 e. The van der Waals surface area contributed by atoms with Crippen LogP contribution in [0.5, 0.6) is 17.2 Å². The average Bonchev–Trinajstić information content (AvgIpc) is 3.40. The SMILES string of the molecule is COc1cc(/C=C2/C(=N)N3N=C(N4CCCC4)SC3=NC2=O)cc(OC)c1OC. The Morgan fingerprint density at radius 2 is 1.72 bits per heavy atom. The number of ether oxygens (including phenoxy) is 3. The van der Waals surface area contributed by atoms with E-state index in [4.69, 9.17) is 19.6 Å². The topological polar surface area (TPSA) is 99.8 Å². The summed E-state index contributed by atoms with van der Waals surface area (Å²) in [5.41, 5.74) is 0.775. The van der Waals surface area contributed by atoms with E-state index in [1.165, 1.54) is 38.1 Å². The first kappa shape index (κ1) is 19.3. The van der Waals surface area contributed by atoms with Gasteiger partial charge in [-0.05, 0) is 48.4 Å². The van der Waals surface area contributed by atoms with E-state index in [-0.39, 0.29) is 11.4 Å². The molecule has 29 heavy (non-hydrogen) atoms. The summed E-state index contributed by atoms with van der Waals surface area (Å²) in [7, 11) is 4.57. The summed E-state index contributed by atoms with van der Waals surface area (Å²) in [5.74, 6) is 0.904. The Kier molecular flexibility index (Phi) is 5.18. The highest BCUT2D eigenvalue weighted by molar-refractivity contribution is 8.26. The van der Waals surface area contributed by atoms with Gasteiger partial charge in [-0.2, -0.15) is 10.0 Å².